The van der Waals surface area contributed by atoms with Crippen LogP contribution in [0.25, 0.3) is 0 Å². The number of hydrogen-bond donors (Lipinski definition) is 1. The molecule has 2 rings (SSSR count). The maximum atomic E-state index is 13.4. The first-order chi connectivity index (χ1) is 10.5. The van der Waals surface area contributed by atoms with Gasteiger partial charge in [0.05, 0.1) is 11.3 Å². The first kappa shape index (κ1) is 16.1. The van der Waals surface area contributed by atoms with Crippen LogP contribution < -0.4 is 5.32 Å². The van der Waals surface area contributed by atoms with Crippen LogP contribution in [-0.2, 0) is 9.53 Å². The zero-order chi connectivity index (χ0) is 16.1. The number of halogens is 3. The maximum absolute atomic E-state index is 13.4. The van der Waals surface area contributed by atoms with Gasteiger partial charge in [-0.05, 0) is 40.2 Å². The fraction of sp³-hybridized carbons (Fsp3) is 0.0667. The first-order valence-corrected chi connectivity index (χ1v) is 6.93. The molecule has 0 atom stereocenters. The van der Waals surface area contributed by atoms with Crippen molar-refractivity contribution in [3.05, 3.63) is 64.1 Å². The van der Waals surface area contributed by atoms with Crippen molar-refractivity contribution in [1.29, 1.82) is 0 Å². The molecule has 0 fully saturated rings. The number of carbonyl (C=O) groups is 2. The van der Waals surface area contributed by atoms with Crippen molar-refractivity contribution in [3.8, 4) is 0 Å². The van der Waals surface area contributed by atoms with Crippen molar-refractivity contribution in [2.75, 3.05) is 11.9 Å². The van der Waals surface area contributed by atoms with E-state index in [1.165, 1.54) is 6.07 Å². The van der Waals surface area contributed by atoms with E-state index in [0.29, 0.717) is 4.47 Å². The number of ether oxygens (including phenoxy) is 1. The molecule has 0 spiro atoms. The largest absolute Gasteiger partial charge is 0.452 e. The van der Waals surface area contributed by atoms with Crippen molar-refractivity contribution in [1.82, 2.24) is 0 Å². The summed E-state index contributed by atoms with van der Waals surface area (Å²) in [5, 5.41) is 2.13. The lowest BCUT2D eigenvalue weighted by Gasteiger charge is -2.08. The molecular weight excluding hydrogens is 360 g/mol. The van der Waals surface area contributed by atoms with E-state index in [2.05, 4.69) is 21.2 Å². The van der Waals surface area contributed by atoms with Crippen LogP contribution in [0.2, 0.25) is 0 Å². The summed E-state index contributed by atoms with van der Waals surface area (Å²) in [5.41, 5.74) is -0.0609. The first-order valence-electron chi connectivity index (χ1n) is 6.14. The Balaban J connectivity index is 1.94. The standard InChI is InChI=1S/C15H10BrF2NO3/c16-11-4-2-1-3-10(11)15(21)22-8-14(20)19-13-7-9(17)5-6-12(13)18/h1-7H,8H2,(H,19,20). The molecule has 0 saturated heterocycles. The molecule has 0 aliphatic heterocycles. The van der Waals surface area contributed by atoms with E-state index in [9.17, 15) is 18.4 Å². The van der Waals surface area contributed by atoms with E-state index in [0.717, 1.165) is 18.2 Å². The van der Waals surface area contributed by atoms with Crippen molar-refractivity contribution in [2.24, 2.45) is 0 Å². The Morgan fingerprint density at radius 1 is 1.14 bits per heavy atom. The lowest BCUT2D eigenvalue weighted by atomic mass is 10.2. The van der Waals surface area contributed by atoms with Crippen LogP contribution >= 0.6 is 15.9 Å². The van der Waals surface area contributed by atoms with Gasteiger partial charge >= 0.3 is 5.97 Å². The van der Waals surface area contributed by atoms with Crippen LogP contribution in [0.15, 0.2) is 46.9 Å². The number of hydrogen-bond acceptors (Lipinski definition) is 3. The summed E-state index contributed by atoms with van der Waals surface area (Å²) in [5.74, 6) is -2.96. The highest BCUT2D eigenvalue weighted by molar-refractivity contribution is 9.10. The van der Waals surface area contributed by atoms with Crippen molar-refractivity contribution in [3.63, 3.8) is 0 Å². The molecule has 2 aromatic rings. The molecular formula is C15H10BrF2NO3. The van der Waals surface area contributed by atoms with Gasteiger partial charge in [0.15, 0.2) is 6.61 Å². The lowest BCUT2D eigenvalue weighted by Crippen LogP contribution is -2.21. The van der Waals surface area contributed by atoms with Crippen LogP contribution in [0.5, 0.6) is 0 Å². The third-order valence-electron chi connectivity index (χ3n) is 2.63. The molecule has 7 heteroatoms. The van der Waals surface area contributed by atoms with Crippen LogP contribution in [0.3, 0.4) is 0 Å². The number of benzene rings is 2. The molecule has 0 aliphatic rings. The Morgan fingerprint density at radius 3 is 2.59 bits per heavy atom. The fourth-order valence-electron chi connectivity index (χ4n) is 1.62. The Kier molecular flexibility index (Phi) is 5.21. The highest BCUT2D eigenvalue weighted by Crippen LogP contribution is 2.17. The van der Waals surface area contributed by atoms with Crippen molar-refractivity contribution in [2.45, 2.75) is 0 Å². The Bertz CT molecular complexity index is 722. The quantitative estimate of drug-likeness (QED) is 0.838. The molecule has 0 bridgehead atoms. The molecule has 2 aromatic carbocycles. The molecule has 4 nitrogen and oxygen atoms in total. The van der Waals surface area contributed by atoms with Gasteiger partial charge in [-0.15, -0.1) is 0 Å². The van der Waals surface area contributed by atoms with E-state index in [-0.39, 0.29) is 11.3 Å². The Hall–Kier alpha value is -2.28. The summed E-state index contributed by atoms with van der Waals surface area (Å²) in [6, 6.07) is 9.19. The van der Waals surface area contributed by atoms with Crippen LogP contribution in [0.1, 0.15) is 10.4 Å². The molecule has 1 N–H and O–H groups in total. The van der Waals surface area contributed by atoms with E-state index >= 15 is 0 Å². The molecule has 0 unspecified atom stereocenters. The molecule has 0 saturated carbocycles. The van der Waals surface area contributed by atoms with Crippen LogP contribution in [-0.4, -0.2) is 18.5 Å². The second-order valence-corrected chi connectivity index (χ2v) is 5.08. The average molecular weight is 370 g/mol. The van der Waals surface area contributed by atoms with Crippen LogP contribution in [0, 0.1) is 11.6 Å². The van der Waals surface area contributed by atoms with E-state index in [4.69, 9.17) is 4.74 Å². The van der Waals surface area contributed by atoms with Gasteiger partial charge in [-0.25, -0.2) is 13.6 Å². The van der Waals surface area contributed by atoms with Gasteiger partial charge < -0.3 is 10.1 Å². The summed E-state index contributed by atoms with van der Waals surface area (Å²) < 4.78 is 31.7. The predicted molar refractivity (Wildman–Crippen MR) is 79.4 cm³/mol. The number of nitrogens with one attached hydrogen (secondary N) is 1. The van der Waals surface area contributed by atoms with Gasteiger partial charge in [0, 0.05) is 10.5 Å². The summed E-state index contributed by atoms with van der Waals surface area (Å²) in [7, 11) is 0. The number of esters is 1. The van der Waals surface area contributed by atoms with Gasteiger partial charge in [-0.2, -0.15) is 0 Å². The molecule has 1 amide bonds. The Labute approximate surface area is 133 Å². The second-order valence-electron chi connectivity index (χ2n) is 4.23. The average Bonchev–Trinajstić information content (AvgIpc) is 2.49. The molecule has 0 radical (unpaired) electrons. The molecule has 0 aromatic heterocycles. The third-order valence-corrected chi connectivity index (χ3v) is 3.32. The van der Waals surface area contributed by atoms with Gasteiger partial charge in [0.1, 0.15) is 11.6 Å². The maximum Gasteiger partial charge on any atom is 0.339 e. The topological polar surface area (TPSA) is 55.4 Å². The predicted octanol–water partition coefficient (Wildman–Crippen LogP) is 3.52. The smallest absolute Gasteiger partial charge is 0.339 e. The Morgan fingerprint density at radius 2 is 1.86 bits per heavy atom. The van der Waals surface area contributed by atoms with Crippen molar-refractivity contribution < 1.29 is 23.1 Å². The summed E-state index contributed by atoms with van der Waals surface area (Å²) in [4.78, 5) is 23.4. The normalized spacial score (nSPS) is 10.1. The third kappa shape index (κ3) is 4.11. The molecule has 114 valence electrons. The number of anilines is 1. The highest BCUT2D eigenvalue weighted by atomic mass is 79.9. The lowest BCUT2D eigenvalue weighted by molar-refractivity contribution is -0.119. The number of rotatable bonds is 4. The van der Waals surface area contributed by atoms with Gasteiger partial charge in [0.25, 0.3) is 5.91 Å². The minimum absolute atomic E-state index is 0.257. The van der Waals surface area contributed by atoms with E-state index < -0.39 is 30.1 Å². The van der Waals surface area contributed by atoms with Crippen LogP contribution in [0.4, 0.5) is 14.5 Å². The summed E-state index contributed by atoms with van der Waals surface area (Å²) in [6.45, 7) is -0.615. The number of amides is 1. The summed E-state index contributed by atoms with van der Waals surface area (Å²) >= 11 is 3.18. The van der Waals surface area contributed by atoms with Gasteiger partial charge in [-0.1, -0.05) is 12.1 Å². The van der Waals surface area contributed by atoms with E-state index in [1.54, 1.807) is 18.2 Å². The highest BCUT2D eigenvalue weighted by Gasteiger charge is 2.14. The second kappa shape index (κ2) is 7.13. The zero-order valence-corrected chi connectivity index (χ0v) is 12.7. The SMILES string of the molecule is O=C(COC(=O)c1ccccc1Br)Nc1cc(F)ccc1F. The van der Waals surface area contributed by atoms with Gasteiger partial charge in [0.2, 0.25) is 0 Å². The van der Waals surface area contributed by atoms with E-state index in [1.807, 2.05) is 0 Å². The molecule has 0 aliphatic carbocycles. The van der Waals surface area contributed by atoms with Gasteiger partial charge in [-0.3, -0.25) is 4.79 Å². The number of carbonyl (C=O) groups excluding carboxylic acids is 2. The minimum Gasteiger partial charge on any atom is -0.452 e. The van der Waals surface area contributed by atoms with Crippen molar-refractivity contribution >= 4 is 33.5 Å². The molecule has 0 heterocycles. The minimum atomic E-state index is -0.785. The summed E-state index contributed by atoms with van der Waals surface area (Å²) in [6.07, 6.45) is 0. The zero-order valence-electron chi connectivity index (χ0n) is 11.1. The monoisotopic (exact) mass is 369 g/mol. The molecule has 22 heavy (non-hydrogen) atoms. The fourth-order valence-corrected chi connectivity index (χ4v) is 2.06.